The molecule has 0 radical (unpaired) electrons. The third kappa shape index (κ3) is 6.42. The molecule has 0 spiro atoms. The van der Waals surface area contributed by atoms with Crippen molar-refractivity contribution in [3.63, 3.8) is 0 Å². The molecule has 36 heavy (non-hydrogen) atoms. The van der Waals surface area contributed by atoms with E-state index in [0.29, 0.717) is 40.3 Å². The normalized spacial score (nSPS) is 15.3. The zero-order valence-corrected chi connectivity index (χ0v) is 20.9. The third-order valence-corrected chi connectivity index (χ3v) is 5.56. The highest BCUT2D eigenvalue weighted by Gasteiger charge is 2.36. The average molecular weight is 490 g/mol. The molecule has 1 heterocycles. The van der Waals surface area contributed by atoms with Crippen molar-refractivity contribution in [3.8, 4) is 6.07 Å². The van der Waals surface area contributed by atoms with Crippen LogP contribution in [0.4, 0.5) is 21.0 Å². The second-order valence-electron chi connectivity index (χ2n) is 8.92. The smallest absolute Gasteiger partial charge is 0.338 e. The van der Waals surface area contributed by atoms with Crippen LogP contribution in [0.3, 0.4) is 0 Å². The predicted octanol–water partition coefficient (Wildman–Crippen LogP) is 5.15. The summed E-state index contributed by atoms with van der Waals surface area (Å²) in [7, 11) is 0. The summed E-state index contributed by atoms with van der Waals surface area (Å²) in [6.45, 7) is 8.40. The molecule has 0 aliphatic carbocycles. The molecule has 0 saturated heterocycles. The van der Waals surface area contributed by atoms with Crippen molar-refractivity contribution >= 4 is 29.4 Å². The molecule has 3 rings (SSSR count). The van der Waals surface area contributed by atoms with Crippen LogP contribution < -0.4 is 16.0 Å². The van der Waals surface area contributed by atoms with Gasteiger partial charge in [0.05, 0.1) is 29.9 Å². The van der Waals surface area contributed by atoms with Crippen molar-refractivity contribution in [2.24, 2.45) is 5.92 Å². The lowest BCUT2D eigenvalue weighted by Gasteiger charge is -2.35. The Morgan fingerprint density at radius 2 is 1.83 bits per heavy atom. The van der Waals surface area contributed by atoms with Crippen molar-refractivity contribution in [2.45, 2.75) is 40.2 Å². The predicted molar refractivity (Wildman–Crippen MR) is 137 cm³/mol. The van der Waals surface area contributed by atoms with Gasteiger partial charge in [-0.2, -0.15) is 5.26 Å². The summed E-state index contributed by atoms with van der Waals surface area (Å²) in [6, 6.07) is 14.1. The highest BCUT2D eigenvalue weighted by atomic mass is 16.5. The molecule has 0 saturated carbocycles. The maximum absolute atomic E-state index is 13.0. The molecule has 9 nitrogen and oxygen atoms in total. The number of carbonyl (C=O) groups excluding carboxylic acids is 3. The van der Waals surface area contributed by atoms with Gasteiger partial charge in [0.15, 0.2) is 0 Å². The molecule has 9 heteroatoms. The van der Waals surface area contributed by atoms with Crippen LogP contribution in [-0.2, 0) is 9.53 Å². The van der Waals surface area contributed by atoms with E-state index in [1.165, 1.54) is 0 Å². The third-order valence-electron chi connectivity index (χ3n) is 5.56. The monoisotopic (exact) mass is 489 g/mol. The molecule has 2 aromatic carbocycles. The summed E-state index contributed by atoms with van der Waals surface area (Å²) < 4.78 is 5.52. The number of allylic oxidation sites excluding steroid dienone is 1. The van der Waals surface area contributed by atoms with E-state index in [1.807, 2.05) is 26.8 Å². The lowest BCUT2D eigenvalue weighted by Crippen LogP contribution is -2.48. The maximum Gasteiger partial charge on any atom is 0.338 e. The molecule has 1 aliphatic rings. The van der Waals surface area contributed by atoms with Crippen LogP contribution >= 0.6 is 0 Å². The number of esters is 1. The Morgan fingerprint density at radius 1 is 1.14 bits per heavy atom. The SMILES string of the molecule is CCCN1C(=O)NC(c2ccc(NC(=O)Nc3cccc(C#N)c3)cc2)C(C(=O)OCC(C)C)=C1C. The van der Waals surface area contributed by atoms with E-state index >= 15 is 0 Å². The number of anilines is 2. The van der Waals surface area contributed by atoms with E-state index in [9.17, 15) is 14.4 Å². The maximum atomic E-state index is 13.0. The first-order valence-corrected chi connectivity index (χ1v) is 11.9. The zero-order valence-electron chi connectivity index (χ0n) is 20.9. The standard InChI is InChI=1S/C27H31N5O4/c1-5-13-32-18(4)23(25(33)36-16-17(2)3)24(31-27(32)35)20-9-11-21(12-10-20)29-26(34)30-22-8-6-7-19(14-22)15-28/h6-12,14,17,24H,5,13,16H2,1-4H3,(H,31,35)(H2,29,30,34). The fourth-order valence-corrected chi connectivity index (χ4v) is 3.83. The highest BCUT2D eigenvalue weighted by Crippen LogP contribution is 2.32. The first kappa shape index (κ1) is 26.3. The van der Waals surface area contributed by atoms with Gasteiger partial charge in [0.1, 0.15) is 0 Å². The van der Waals surface area contributed by atoms with Gasteiger partial charge in [-0.1, -0.05) is 39.0 Å². The Hall–Kier alpha value is -4.32. The van der Waals surface area contributed by atoms with E-state index in [2.05, 4.69) is 16.0 Å². The van der Waals surface area contributed by atoms with E-state index in [0.717, 1.165) is 6.42 Å². The van der Waals surface area contributed by atoms with Gasteiger partial charge in [-0.05, 0) is 55.2 Å². The average Bonchev–Trinajstić information content (AvgIpc) is 2.85. The fraction of sp³-hybridized carbons (Fsp3) is 0.333. The summed E-state index contributed by atoms with van der Waals surface area (Å²) >= 11 is 0. The minimum Gasteiger partial charge on any atom is -0.462 e. The number of nitriles is 1. The van der Waals surface area contributed by atoms with Crippen LogP contribution in [-0.4, -0.2) is 36.1 Å². The van der Waals surface area contributed by atoms with Gasteiger partial charge < -0.3 is 20.7 Å². The van der Waals surface area contributed by atoms with E-state index in [4.69, 9.17) is 10.00 Å². The molecule has 0 aromatic heterocycles. The summed E-state index contributed by atoms with van der Waals surface area (Å²) in [5.41, 5.74) is 3.10. The lowest BCUT2D eigenvalue weighted by atomic mass is 9.94. The number of urea groups is 2. The Balaban J connectivity index is 1.79. The van der Waals surface area contributed by atoms with Crippen LogP contribution in [0.25, 0.3) is 0 Å². The van der Waals surface area contributed by atoms with Crippen molar-refractivity contribution in [2.75, 3.05) is 23.8 Å². The van der Waals surface area contributed by atoms with E-state index in [1.54, 1.807) is 60.4 Å². The van der Waals surface area contributed by atoms with Crippen molar-refractivity contribution in [1.29, 1.82) is 5.26 Å². The zero-order chi connectivity index (χ0) is 26.2. The molecule has 0 fully saturated rings. The van der Waals surface area contributed by atoms with Crippen LogP contribution in [0.5, 0.6) is 0 Å². The molecular weight excluding hydrogens is 458 g/mol. The first-order chi connectivity index (χ1) is 17.2. The molecule has 3 N–H and O–H groups in total. The van der Waals surface area contributed by atoms with Crippen molar-refractivity contribution in [3.05, 3.63) is 70.9 Å². The minimum absolute atomic E-state index is 0.178. The Labute approximate surface area is 211 Å². The topological polar surface area (TPSA) is 124 Å². The molecular formula is C27H31N5O4. The van der Waals surface area contributed by atoms with Gasteiger partial charge >= 0.3 is 18.0 Å². The summed E-state index contributed by atoms with van der Waals surface area (Å²) in [5.74, 6) is -0.286. The number of rotatable bonds is 8. The second kappa shape index (κ2) is 11.9. The molecule has 188 valence electrons. The highest BCUT2D eigenvalue weighted by molar-refractivity contribution is 6.00. The molecule has 1 aliphatic heterocycles. The summed E-state index contributed by atoms with van der Waals surface area (Å²) in [5, 5.41) is 17.3. The molecule has 0 bridgehead atoms. The second-order valence-corrected chi connectivity index (χ2v) is 8.92. The Morgan fingerprint density at radius 3 is 2.47 bits per heavy atom. The summed E-state index contributed by atoms with van der Waals surface area (Å²) in [6.07, 6.45) is 0.743. The van der Waals surface area contributed by atoms with Crippen LogP contribution in [0, 0.1) is 17.2 Å². The van der Waals surface area contributed by atoms with Gasteiger partial charge in [-0.3, -0.25) is 4.90 Å². The quantitative estimate of drug-likeness (QED) is 0.442. The number of benzene rings is 2. The van der Waals surface area contributed by atoms with E-state index < -0.39 is 18.0 Å². The number of nitrogens with zero attached hydrogens (tertiary/aromatic N) is 2. The Bertz CT molecular complexity index is 1200. The Kier molecular flexibility index (Phi) is 8.68. The number of hydrogen-bond donors (Lipinski definition) is 3. The number of hydrogen-bond acceptors (Lipinski definition) is 5. The van der Waals surface area contributed by atoms with E-state index in [-0.39, 0.29) is 18.6 Å². The minimum atomic E-state index is -0.679. The van der Waals surface area contributed by atoms with Crippen molar-refractivity contribution in [1.82, 2.24) is 10.2 Å². The van der Waals surface area contributed by atoms with Crippen LogP contribution in [0.2, 0.25) is 0 Å². The number of carbonyl (C=O) groups is 3. The number of amides is 4. The van der Waals surface area contributed by atoms with Gasteiger partial charge in [-0.15, -0.1) is 0 Å². The summed E-state index contributed by atoms with van der Waals surface area (Å²) in [4.78, 5) is 39.8. The van der Waals surface area contributed by atoms with Gasteiger partial charge in [-0.25, -0.2) is 14.4 Å². The largest absolute Gasteiger partial charge is 0.462 e. The fourth-order valence-electron chi connectivity index (χ4n) is 3.83. The van der Waals surface area contributed by atoms with Gasteiger partial charge in [0, 0.05) is 23.6 Å². The molecule has 1 unspecified atom stereocenters. The van der Waals surface area contributed by atoms with Crippen LogP contribution in [0.15, 0.2) is 59.8 Å². The number of nitrogens with one attached hydrogen (secondary N) is 3. The molecule has 1 atom stereocenters. The van der Waals surface area contributed by atoms with Gasteiger partial charge in [0.2, 0.25) is 0 Å². The molecule has 4 amide bonds. The first-order valence-electron chi connectivity index (χ1n) is 11.9. The van der Waals surface area contributed by atoms with Gasteiger partial charge in [0.25, 0.3) is 0 Å². The number of ether oxygens (including phenoxy) is 1. The van der Waals surface area contributed by atoms with Crippen LogP contribution in [0.1, 0.15) is 51.3 Å². The van der Waals surface area contributed by atoms with Crippen molar-refractivity contribution < 1.29 is 19.1 Å². The molecule has 2 aromatic rings. The lowest BCUT2D eigenvalue weighted by molar-refractivity contribution is -0.140.